The van der Waals surface area contributed by atoms with E-state index < -0.39 is 72.0 Å². The lowest BCUT2D eigenvalue weighted by Crippen LogP contribution is -2.47. The van der Waals surface area contributed by atoms with Crippen LogP contribution in [-0.4, -0.2) is 65.9 Å². The lowest BCUT2D eigenvalue weighted by Gasteiger charge is -2.29. The molecule has 1 amide bonds. The zero-order valence-corrected chi connectivity index (χ0v) is 21.0. The summed E-state index contributed by atoms with van der Waals surface area (Å²) >= 11 is 0. The van der Waals surface area contributed by atoms with E-state index in [0.717, 1.165) is 5.56 Å². The van der Waals surface area contributed by atoms with E-state index in [1.807, 2.05) is 30.3 Å². The highest BCUT2D eigenvalue weighted by Gasteiger charge is 2.42. The number of rotatable bonds is 7. The SMILES string of the molecule is COc1ccnc(C(=O)N[C@@H]2COC(=O)[C@H](Cc3ccccc3)[C@@H](OC(=O)C(C)C)[C@H](C)OC2=O)c1O. The van der Waals surface area contributed by atoms with Gasteiger partial charge >= 0.3 is 17.9 Å². The van der Waals surface area contributed by atoms with Gasteiger partial charge in [-0.15, -0.1) is 0 Å². The Morgan fingerprint density at radius 2 is 1.86 bits per heavy atom. The van der Waals surface area contributed by atoms with E-state index in [1.165, 1.54) is 26.3 Å². The third-order valence-corrected chi connectivity index (χ3v) is 5.79. The Hall–Kier alpha value is -4.15. The van der Waals surface area contributed by atoms with E-state index in [4.69, 9.17) is 18.9 Å². The zero-order chi connectivity index (χ0) is 27.1. The number of esters is 3. The molecule has 0 saturated carbocycles. The number of carbonyl (C=O) groups excluding carboxylic acids is 4. The maximum Gasteiger partial charge on any atom is 0.332 e. The van der Waals surface area contributed by atoms with Gasteiger partial charge in [0.25, 0.3) is 5.91 Å². The molecule has 11 heteroatoms. The van der Waals surface area contributed by atoms with Crippen LogP contribution in [0.25, 0.3) is 0 Å². The molecule has 1 saturated heterocycles. The topological polar surface area (TPSA) is 150 Å². The highest BCUT2D eigenvalue weighted by Crippen LogP contribution is 2.28. The molecule has 11 nitrogen and oxygen atoms in total. The van der Waals surface area contributed by atoms with Gasteiger partial charge in [0, 0.05) is 12.3 Å². The number of nitrogens with zero attached hydrogens (tertiary/aromatic N) is 1. The number of carbonyl (C=O) groups is 4. The van der Waals surface area contributed by atoms with Crippen molar-refractivity contribution in [3.8, 4) is 11.5 Å². The molecule has 0 unspecified atom stereocenters. The molecule has 1 fully saturated rings. The number of methoxy groups -OCH3 is 1. The fourth-order valence-corrected chi connectivity index (χ4v) is 3.74. The second kappa shape index (κ2) is 12.2. The number of nitrogens with one attached hydrogen (secondary N) is 1. The Bertz CT molecular complexity index is 1140. The van der Waals surface area contributed by atoms with Gasteiger partial charge in [-0.2, -0.15) is 0 Å². The summed E-state index contributed by atoms with van der Waals surface area (Å²) in [5, 5.41) is 12.6. The standard InChI is InChI=1S/C26H30N2O9/c1-14(2)24(31)37-22-15(3)36-26(33)18(28-23(30)20-21(29)19(34-4)10-11-27-20)13-35-25(32)17(22)12-16-8-6-5-7-9-16/h5-11,14-15,17-18,22,29H,12-13H2,1-4H3,(H,28,30)/t15-,17+,18+,22-/m0/s1. The number of benzene rings is 1. The molecule has 0 radical (unpaired) electrons. The van der Waals surface area contributed by atoms with Crippen LogP contribution in [0.4, 0.5) is 0 Å². The second-order valence-corrected chi connectivity index (χ2v) is 8.86. The van der Waals surface area contributed by atoms with Crippen LogP contribution in [0.2, 0.25) is 0 Å². The zero-order valence-electron chi connectivity index (χ0n) is 21.0. The highest BCUT2D eigenvalue weighted by atomic mass is 16.6. The van der Waals surface area contributed by atoms with Crippen LogP contribution >= 0.6 is 0 Å². The molecule has 4 atom stereocenters. The van der Waals surface area contributed by atoms with Crippen molar-refractivity contribution in [2.75, 3.05) is 13.7 Å². The Labute approximate surface area is 214 Å². The van der Waals surface area contributed by atoms with Crippen LogP contribution in [0.5, 0.6) is 11.5 Å². The number of pyridine rings is 1. The number of aromatic nitrogens is 1. The first-order valence-electron chi connectivity index (χ1n) is 11.8. The van der Waals surface area contributed by atoms with E-state index in [2.05, 4.69) is 10.3 Å². The van der Waals surface area contributed by atoms with E-state index in [0.29, 0.717) is 0 Å². The molecule has 1 aromatic heterocycles. The molecular weight excluding hydrogens is 484 g/mol. The smallest absolute Gasteiger partial charge is 0.332 e. The Kier molecular flexibility index (Phi) is 9.05. The molecule has 1 aromatic carbocycles. The first-order valence-corrected chi connectivity index (χ1v) is 11.8. The largest absolute Gasteiger partial charge is 0.503 e. The van der Waals surface area contributed by atoms with E-state index in [1.54, 1.807) is 13.8 Å². The summed E-state index contributed by atoms with van der Waals surface area (Å²) in [6.45, 7) is 4.25. The van der Waals surface area contributed by atoms with Gasteiger partial charge in [0.1, 0.15) is 18.6 Å². The van der Waals surface area contributed by atoms with Crippen LogP contribution < -0.4 is 10.1 Å². The number of hydrogen-bond acceptors (Lipinski definition) is 10. The first kappa shape index (κ1) is 27.4. The second-order valence-electron chi connectivity index (χ2n) is 8.86. The Morgan fingerprint density at radius 1 is 1.16 bits per heavy atom. The van der Waals surface area contributed by atoms with Crippen LogP contribution in [0.3, 0.4) is 0 Å². The molecule has 0 bridgehead atoms. The molecule has 37 heavy (non-hydrogen) atoms. The molecular formula is C26H30N2O9. The number of hydrogen-bond donors (Lipinski definition) is 2. The number of aromatic hydroxyl groups is 1. The molecule has 3 rings (SSSR count). The predicted molar refractivity (Wildman–Crippen MR) is 129 cm³/mol. The number of ether oxygens (including phenoxy) is 4. The molecule has 2 heterocycles. The van der Waals surface area contributed by atoms with Crippen LogP contribution in [0, 0.1) is 11.8 Å². The highest BCUT2D eigenvalue weighted by molar-refractivity contribution is 5.98. The van der Waals surface area contributed by atoms with Crippen molar-refractivity contribution < 1.29 is 43.2 Å². The summed E-state index contributed by atoms with van der Waals surface area (Å²) < 4.78 is 21.5. The molecule has 198 valence electrons. The average molecular weight is 515 g/mol. The normalized spacial score (nSPS) is 22.1. The maximum absolute atomic E-state index is 13.2. The quantitative estimate of drug-likeness (QED) is 0.414. The third kappa shape index (κ3) is 6.75. The minimum absolute atomic E-state index is 0.0100. The van der Waals surface area contributed by atoms with E-state index in [9.17, 15) is 24.3 Å². The van der Waals surface area contributed by atoms with Crippen molar-refractivity contribution in [1.29, 1.82) is 0 Å². The molecule has 2 N–H and O–H groups in total. The summed E-state index contributed by atoms with van der Waals surface area (Å²) in [4.78, 5) is 55.3. The third-order valence-electron chi connectivity index (χ3n) is 5.79. The van der Waals surface area contributed by atoms with Crippen molar-refractivity contribution in [2.24, 2.45) is 11.8 Å². The van der Waals surface area contributed by atoms with Gasteiger partial charge in [-0.3, -0.25) is 14.4 Å². The van der Waals surface area contributed by atoms with Crippen molar-refractivity contribution in [3.63, 3.8) is 0 Å². The summed E-state index contributed by atoms with van der Waals surface area (Å²) in [6, 6.07) is 9.01. The van der Waals surface area contributed by atoms with Gasteiger partial charge < -0.3 is 29.4 Å². The monoisotopic (exact) mass is 514 g/mol. The van der Waals surface area contributed by atoms with E-state index >= 15 is 0 Å². The lowest BCUT2D eigenvalue weighted by atomic mass is 9.91. The van der Waals surface area contributed by atoms with Gasteiger partial charge in [-0.05, 0) is 18.9 Å². The molecule has 2 aromatic rings. The average Bonchev–Trinajstić information content (AvgIpc) is 2.91. The van der Waals surface area contributed by atoms with Crippen molar-refractivity contribution in [2.45, 2.75) is 45.4 Å². The van der Waals surface area contributed by atoms with Gasteiger partial charge in [0.05, 0.1) is 13.0 Å². The summed E-state index contributed by atoms with van der Waals surface area (Å²) in [5.74, 6) is -5.10. The van der Waals surface area contributed by atoms with Crippen molar-refractivity contribution >= 4 is 23.8 Å². The van der Waals surface area contributed by atoms with Gasteiger partial charge in [0.2, 0.25) is 0 Å². The van der Waals surface area contributed by atoms with Crippen LogP contribution in [0.1, 0.15) is 36.8 Å². The summed E-state index contributed by atoms with van der Waals surface area (Å²) in [5.41, 5.74) is 0.398. The maximum atomic E-state index is 13.2. The molecule has 0 aliphatic carbocycles. The van der Waals surface area contributed by atoms with Crippen molar-refractivity contribution in [3.05, 3.63) is 53.9 Å². The lowest BCUT2D eigenvalue weighted by molar-refractivity contribution is -0.176. The van der Waals surface area contributed by atoms with Crippen LogP contribution in [-0.2, 0) is 35.0 Å². The minimum Gasteiger partial charge on any atom is -0.503 e. The van der Waals surface area contributed by atoms with Gasteiger partial charge in [0.15, 0.2) is 29.3 Å². The molecule has 0 spiro atoms. The summed E-state index contributed by atoms with van der Waals surface area (Å²) in [6.07, 6.45) is -0.766. The Balaban J connectivity index is 1.87. The van der Waals surface area contributed by atoms with Gasteiger partial charge in [-0.25, -0.2) is 9.78 Å². The van der Waals surface area contributed by atoms with Crippen molar-refractivity contribution in [1.82, 2.24) is 10.3 Å². The first-order chi connectivity index (χ1) is 17.6. The van der Waals surface area contributed by atoms with Crippen LogP contribution in [0.15, 0.2) is 42.6 Å². The molecule has 1 aliphatic rings. The fraction of sp³-hybridized carbons (Fsp3) is 0.423. The molecule has 1 aliphatic heterocycles. The predicted octanol–water partition coefficient (Wildman–Crippen LogP) is 1.81. The Morgan fingerprint density at radius 3 is 2.51 bits per heavy atom. The van der Waals surface area contributed by atoms with Gasteiger partial charge in [-0.1, -0.05) is 44.2 Å². The number of cyclic esters (lactones) is 2. The summed E-state index contributed by atoms with van der Waals surface area (Å²) in [7, 11) is 1.31. The number of amides is 1. The fourth-order valence-electron chi connectivity index (χ4n) is 3.74. The minimum atomic E-state index is -1.41. The van der Waals surface area contributed by atoms with E-state index in [-0.39, 0.29) is 12.2 Å².